The quantitative estimate of drug-likeness (QED) is 0.129. The molecule has 13 heteroatoms. The average Bonchev–Trinajstić information content (AvgIpc) is 2.82. The molecule has 0 fully saturated rings. The van der Waals surface area contributed by atoms with E-state index in [2.05, 4.69) is 9.97 Å². The molecule has 5 aromatic rings. The van der Waals surface area contributed by atoms with Gasteiger partial charge >= 0.3 is 59.1 Å². The Labute approximate surface area is 257 Å². The first kappa shape index (κ1) is 31.5. The third-order valence-corrected chi connectivity index (χ3v) is 7.23. The van der Waals surface area contributed by atoms with Crippen LogP contribution in [0.3, 0.4) is 0 Å². The molecular formula is C24H16N2Na2O7S2. The smallest absolute Gasteiger partial charge is 0.744 e. The SMILES string of the molecule is O.O=S(=O)([O-])c1ccc(-c2ccnc3c2ccc2c(-c4ccc(S(=O)(=O)[O-])cc4)ccnc23)cc1.[Na+].[Na+]. The largest absolute Gasteiger partial charge is 1.00 e. The topological polar surface area (TPSA) is 172 Å². The Balaban J connectivity index is 0.00000160. The molecule has 5 rings (SSSR count). The molecule has 2 heterocycles. The number of nitrogens with zero attached hydrogens (tertiary/aromatic N) is 2. The van der Waals surface area contributed by atoms with E-state index in [0.717, 1.165) is 21.9 Å². The van der Waals surface area contributed by atoms with Crippen LogP contribution in [-0.2, 0) is 20.2 Å². The van der Waals surface area contributed by atoms with Crippen molar-refractivity contribution >= 4 is 42.0 Å². The standard InChI is InChI=1S/C24H16N2O6S2.2Na.H2O/c27-33(28,29)17-5-1-15(2-6-17)19-11-13-25-23-21(19)9-10-22-20(12-14-26-24(22)23)16-3-7-18(8-4-16)34(30,31)32;;;/h1-14H,(H,27,28,29)(H,30,31,32);;;1H2/q;2*+1;/p-2. The number of pyridine rings is 2. The van der Waals surface area contributed by atoms with E-state index in [9.17, 15) is 25.9 Å². The number of fused-ring (bicyclic) bond motifs is 3. The van der Waals surface area contributed by atoms with Crippen molar-refractivity contribution < 1.29 is 90.5 Å². The molecule has 0 saturated heterocycles. The van der Waals surface area contributed by atoms with Crippen LogP contribution in [-0.4, -0.2) is 41.4 Å². The maximum absolute atomic E-state index is 11.2. The Bertz CT molecular complexity index is 1660. The minimum Gasteiger partial charge on any atom is -0.744 e. The van der Waals surface area contributed by atoms with Crippen molar-refractivity contribution in [2.45, 2.75) is 9.79 Å². The van der Waals surface area contributed by atoms with Gasteiger partial charge in [0.15, 0.2) is 0 Å². The first-order chi connectivity index (χ1) is 16.1. The number of hydrogen-bond donors (Lipinski definition) is 0. The van der Waals surface area contributed by atoms with Crippen LogP contribution < -0.4 is 59.1 Å². The molecule has 0 unspecified atom stereocenters. The zero-order chi connectivity index (χ0) is 24.1. The summed E-state index contributed by atoms with van der Waals surface area (Å²) in [6.45, 7) is 0. The van der Waals surface area contributed by atoms with E-state index < -0.39 is 20.2 Å². The fourth-order valence-electron chi connectivity index (χ4n) is 3.93. The molecule has 9 nitrogen and oxygen atoms in total. The molecule has 0 amide bonds. The second-order valence-electron chi connectivity index (χ2n) is 7.53. The molecule has 2 aromatic heterocycles. The summed E-state index contributed by atoms with van der Waals surface area (Å²) in [6.07, 6.45) is 3.25. The van der Waals surface area contributed by atoms with Crippen LogP contribution in [0.5, 0.6) is 0 Å². The second-order valence-corrected chi connectivity index (χ2v) is 10.3. The summed E-state index contributed by atoms with van der Waals surface area (Å²) >= 11 is 0. The molecule has 0 aliphatic carbocycles. The molecule has 0 spiro atoms. The van der Waals surface area contributed by atoms with Gasteiger partial charge in [-0.3, -0.25) is 9.97 Å². The van der Waals surface area contributed by atoms with E-state index in [-0.39, 0.29) is 74.4 Å². The van der Waals surface area contributed by atoms with Gasteiger partial charge in [0.1, 0.15) is 20.2 Å². The van der Waals surface area contributed by atoms with Gasteiger partial charge in [0.05, 0.1) is 20.8 Å². The van der Waals surface area contributed by atoms with E-state index in [1.807, 2.05) is 12.1 Å². The molecule has 0 bridgehead atoms. The van der Waals surface area contributed by atoms with Crippen molar-refractivity contribution in [3.05, 3.63) is 85.2 Å². The molecule has 0 aliphatic heterocycles. The van der Waals surface area contributed by atoms with E-state index in [1.54, 1.807) is 48.8 Å². The zero-order valence-corrected chi connectivity index (χ0v) is 25.4. The summed E-state index contributed by atoms with van der Waals surface area (Å²) in [5.41, 5.74) is 4.25. The zero-order valence-electron chi connectivity index (χ0n) is 19.7. The summed E-state index contributed by atoms with van der Waals surface area (Å²) in [5, 5.41) is 1.57. The summed E-state index contributed by atoms with van der Waals surface area (Å²) in [6, 6.07) is 18.7. The van der Waals surface area contributed by atoms with Gasteiger partial charge in [-0.25, -0.2) is 16.8 Å². The van der Waals surface area contributed by atoms with Crippen LogP contribution in [0.2, 0.25) is 0 Å². The van der Waals surface area contributed by atoms with Gasteiger partial charge in [0.25, 0.3) is 0 Å². The molecule has 37 heavy (non-hydrogen) atoms. The summed E-state index contributed by atoms with van der Waals surface area (Å²) in [5.74, 6) is 0. The van der Waals surface area contributed by atoms with Crippen molar-refractivity contribution in [2.24, 2.45) is 0 Å². The molecule has 2 N–H and O–H groups in total. The molecule has 0 aliphatic rings. The maximum atomic E-state index is 11.2. The van der Waals surface area contributed by atoms with Crippen LogP contribution in [0.25, 0.3) is 44.1 Å². The van der Waals surface area contributed by atoms with Crippen molar-refractivity contribution in [3.8, 4) is 22.3 Å². The summed E-state index contributed by atoms with van der Waals surface area (Å²) in [7, 11) is -9.08. The normalized spacial score (nSPS) is 11.3. The molecule has 0 saturated carbocycles. The number of hydrogen-bond acceptors (Lipinski definition) is 8. The predicted octanol–water partition coefficient (Wildman–Crippen LogP) is -2.89. The Morgan fingerprint density at radius 1 is 0.514 bits per heavy atom. The fraction of sp³-hybridized carbons (Fsp3) is 0. The van der Waals surface area contributed by atoms with Crippen LogP contribution in [0, 0.1) is 0 Å². The van der Waals surface area contributed by atoms with Gasteiger partial charge in [-0.1, -0.05) is 36.4 Å². The first-order valence-corrected chi connectivity index (χ1v) is 12.7. The van der Waals surface area contributed by atoms with Crippen molar-refractivity contribution in [3.63, 3.8) is 0 Å². The second kappa shape index (κ2) is 12.0. The molecular weight excluding hydrogens is 538 g/mol. The third-order valence-electron chi connectivity index (χ3n) is 5.53. The maximum Gasteiger partial charge on any atom is 1.00 e. The van der Waals surface area contributed by atoms with Crippen molar-refractivity contribution in [2.75, 3.05) is 0 Å². The van der Waals surface area contributed by atoms with Crippen LogP contribution >= 0.6 is 0 Å². The Kier molecular flexibility index (Phi) is 10.2. The fourth-order valence-corrected chi connectivity index (χ4v) is 4.87. The van der Waals surface area contributed by atoms with Gasteiger partial charge in [0.2, 0.25) is 0 Å². The average molecular weight is 555 g/mol. The van der Waals surface area contributed by atoms with Crippen molar-refractivity contribution in [1.82, 2.24) is 9.97 Å². The van der Waals surface area contributed by atoms with Gasteiger partial charge in [-0.05, 0) is 58.7 Å². The number of aromatic nitrogens is 2. The Morgan fingerprint density at radius 3 is 1.14 bits per heavy atom. The Hall–Kier alpha value is -1.74. The van der Waals surface area contributed by atoms with E-state index in [4.69, 9.17) is 0 Å². The van der Waals surface area contributed by atoms with E-state index in [0.29, 0.717) is 22.2 Å². The van der Waals surface area contributed by atoms with Crippen LogP contribution in [0.4, 0.5) is 0 Å². The summed E-state index contributed by atoms with van der Waals surface area (Å²) < 4.78 is 67.4. The molecule has 178 valence electrons. The third kappa shape index (κ3) is 6.29. The van der Waals surface area contributed by atoms with Crippen LogP contribution in [0.1, 0.15) is 0 Å². The van der Waals surface area contributed by atoms with Gasteiger partial charge in [0, 0.05) is 23.2 Å². The van der Waals surface area contributed by atoms with E-state index >= 15 is 0 Å². The monoisotopic (exact) mass is 554 g/mol. The molecule has 3 aromatic carbocycles. The van der Waals surface area contributed by atoms with Crippen molar-refractivity contribution in [1.29, 1.82) is 0 Å². The van der Waals surface area contributed by atoms with Gasteiger partial charge < -0.3 is 14.6 Å². The minimum absolute atomic E-state index is 0. The Morgan fingerprint density at radius 2 is 0.838 bits per heavy atom. The molecule has 0 radical (unpaired) electrons. The van der Waals surface area contributed by atoms with E-state index in [1.165, 1.54) is 24.3 Å². The summed E-state index contributed by atoms with van der Waals surface area (Å²) in [4.78, 5) is 8.40. The number of benzene rings is 3. The minimum atomic E-state index is -4.54. The van der Waals surface area contributed by atoms with Crippen LogP contribution in [0.15, 0.2) is 95.0 Å². The molecule has 0 atom stereocenters. The van der Waals surface area contributed by atoms with Gasteiger partial charge in [-0.15, -0.1) is 0 Å². The predicted molar refractivity (Wildman–Crippen MR) is 127 cm³/mol. The number of rotatable bonds is 4. The first-order valence-electron chi connectivity index (χ1n) is 9.92. The van der Waals surface area contributed by atoms with Gasteiger partial charge in [-0.2, -0.15) is 0 Å².